The Morgan fingerprint density at radius 2 is 2.14 bits per heavy atom. The van der Waals surface area contributed by atoms with Crippen LogP contribution in [0.4, 0.5) is 0 Å². The van der Waals surface area contributed by atoms with Gasteiger partial charge in [0.25, 0.3) is 5.91 Å². The number of hydrogen-bond acceptors (Lipinski definition) is 4. The van der Waals surface area contributed by atoms with Crippen LogP contribution in [0, 0.1) is 0 Å². The zero-order valence-electron chi connectivity index (χ0n) is 12.9. The third-order valence-electron chi connectivity index (χ3n) is 4.46. The highest BCUT2D eigenvalue weighted by Crippen LogP contribution is 2.11. The van der Waals surface area contributed by atoms with Gasteiger partial charge in [-0.3, -0.25) is 4.79 Å². The van der Waals surface area contributed by atoms with E-state index in [2.05, 4.69) is 10.2 Å². The lowest BCUT2D eigenvalue weighted by atomic mass is 9.79. The highest BCUT2D eigenvalue weighted by Gasteiger charge is 2.27. The van der Waals surface area contributed by atoms with Crippen LogP contribution >= 0.6 is 0 Å². The molecule has 0 aliphatic carbocycles. The van der Waals surface area contributed by atoms with E-state index in [1.165, 1.54) is 32.4 Å². The maximum Gasteiger partial charge on any atom is 0.491 e. The van der Waals surface area contributed by atoms with Gasteiger partial charge in [-0.15, -0.1) is 0 Å². The number of rotatable bonds is 5. The van der Waals surface area contributed by atoms with Gasteiger partial charge in [-0.1, -0.05) is 12.5 Å². The number of carbonyl (C=O) groups excluding carboxylic acids is 1. The first-order valence-electron chi connectivity index (χ1n) is 8.17. The van der Waals surface area contributed by atoms with Gasteiger partial charge in [0.1, 0.15) is 0 Å². The van der Waals surface area contributed by atoms with Crippen molar-refractivity contribution in [1.82, 2.24) is 10.2 Å². The fourth-order valence-electron chi connectivity index (χ4n) is 3.15. The molecule has 1 saturated heterocycles. The Kier molecular flexibility index (Phi) is 5.13. The molecule has 0 radical (unpaired) electrons. The minimum Gasteiger partial charge on any atom is -0.423 e. The molecule has 2 aliphatic rings. The Morgan fingerprint density at radius 1 is 1.32 bits per heavy atom. The van der Waals surface area contributed by atoms with Gasteiger partial charge in [0.05, 0.1) is 6.61 Å². The predicted molar refractivity (Wildman–Crippen MR) is 86.1 cm³/mol. The topological polar surface area (TPSA) is 61.8 Å². The largest absolute Gasteiger partial charge is 0.491 e. The van der Waals surface area contributed by atoms with E-state index in [0.29, 0.717) is 24.2 Å². The van der Waals surface area contributed by atoms with Gasteiger partial charge in [0.2, 0.25) is 0 Å². The van der Waals surface area contributed by atoms with Crippen molar-refractivity contribution in [1.29, 1.82) is 0 Å². The Morgan fingerprint density at radius 3 is 2.95 bits per heavy atom. The summed E-state index contributed by atoms with van der Waals surface area (Å²) in [5.74, 6) is -0.0828. The summed E-state index contributed by atoms with van der Waals surface area (Å²) in [5, 5.41) is 12.6. The van der Waals surface area contributed by atoms with Crippen LogP contribution in [-0.4, -0.2) is 49.1 Å². The summed E-state index contributed by atoms with van der Waals surface area (Å²) in [6.07, 6.45) is 4.92. The first-order valence-corrected chi connectivity index (χ1v) is 8.17. The molecule has 0 spiro atoms. The molecule has 0 atom stereocenters. The van der Waals surface area contributed by atoms with Crippen molar-refractivity contribution in [2.24, 2.45) is 0 Å². The van der Waals surface area contributed by atoms with Crippen molar-refractivity contribution in [2.45, 2.75) is 32.3 Å². The van der Waals surface area contributed by atoms with E-state index in [9.17, 15) is 9.82 Å². The second-order valence-electron chi connectivity index (χ2n) is 6.09. The molecule has 0 bridgehead atoms. The number of fused-ring (bicyclic) bond motifs is 1. The maximum absolute atomic E-state index is 12.2. The summed E-state index contributed by atoms with van der Waals surface area (Å²) in [4.78, 5) is 14.6. The molecule has 1 amide bonds. The lowest BCUT2D eigenvalue weighted by Gasteiger charge is -2.26. The number of likely N-dealkylation sites (tertiary alicyclic amines) is 1. The second-order valence-corrected chi connectivity index (χ2v) is 6.09. The van der Waals surface area contributed by atoms with E-state index in [1.807, 2.05) is 6.07 Å². The Hall–Kier alpha value is -1.37. The zero-order chi connectivity index (χ0) is 15.4. The molecular formula is C16H23BN2O3. The van der Waals surface area contributed by atoms with Crippen molar-refractivity contribution in [3.8, 4) is 0 Å². The lowest BCUT2D eigenvalue weighted by molar-refractivity contribution is 0.0951. The molecule has 1 aromatic rings. The van der Waals surface area contributed by atoms with E-state index < -0.39 is 7.12 Å². The summed E-state index contributed by atoms with van der Waals surface area (Å²) < 4.78 is 5.14. The van der Waals surface area contributed by atoms with Crippen molar-refractivity contribution in [3.05, 3.63) is 29.3 Å². The first-order chi connectivity index (χ1) is 10.7. The highest BCUT2D eigenvalue weighted by molar-refractivity contribution is 6.61. The minimum absolute atomic E-state index is 0.0828. The SMILES string of the molecule is O=C(NCCCN1CCCCC1)c1ccc2c(c1)B(O)OC2. The van der Waals surface area contributed by atoms with Crippen LogP contribution in [0.1, 0.15) is 41.6 Å². The number of nitrogens with one attached hydrogen (secondary N) is 1. The normalized spacial score (nSPS) is 18.3. The molecule has 2 heterocycles. The summed E-state index contributed by atoms with van der Waals surface area (Å²) in [5.41, 5.74) is 2.25. The van der Waals surface area contributed by atoms with E-state index in [0.717, 1.165) is 18.5 Å². The monoisotopic (exact) mass is 302 g/mol. The van der Waals surface area contributed by atoms with Crippen molar-refractivity contribution < 1.29 is 14.5 Å². The molecule has 0 saturated carbocycles. The van der Waals surface area contributed by atoms with Gasteiger partial charge in [-0.25, -0.2) is 0 Å². The van der Waals surface area contributed by atoms with Crippen LogP contribution in [0.5, 0.6) is 0 Å². The van der Waals surface area contributed by atoms with E-state index in [-0.39, 0.29) is 5.91 Å². The van der Waals surface area contributed by atoms with E-state index in [1.54, 1.807) is 12.1 Å². The van der Waals surface area contributed by atoms with Crippen LogP contribution in [0.3, 0.4) is 0 Å². The van der Waals surface area contributed by atoms with Gasteiger partial charge in [-0.2, -0.15) is 0 Å². The molecule has 118 valence electrons. The van der Waals surface area contributed by atoms with Crippen LogP contribution in [0.15, 0.2) is 18.2 Å². The molecule has 1 aromatic carbocycles. The van der Waals surface area contributed by atoms with Gasteiger partial charge in [0.15, 0.2) is 0 Å². The van der Waals surface area contributed by atoms with Crippen molar-refractivity contribution in [2.75, 3.05) is 26.2 Å². The van der Waals surface area contributed by atoms with E-state index in [4.69, 9.17) is 4.65 Å². The number of nitrogens with zero attached hydrogens (tertiary/aromatic N) is 1. The second kappa shape index (κ2) is 7.27. The molecule has 2 aliphatic heterocycles. The third-order valence-corrected chi connectivity index (χ3v) is 4.46. The van der Waals surface area contributed by atoms with Gasteiger partial charge in [-0.05, 0) is 62.1 Å². The fourth-order valence-corrected chi connectivity index (χ4v) is 3.15. The first kappa shape index (κ1) is 15.5. The molecule has 0 aromatic heterocycles. The molecule has 2 N–H and O–H groups in total. The summed E-state index contributed by atoms with van der Waals surface area (Å²) in [6, 6.07) is 5.38. The summed E-state index contributed by atoms with van der Waals surface area (Å²) in [7, 11) is -0.901. The average molecular weight is 302 g/mol. The van der Waals surface area contributed by atoms with Crippen LogP contribution in [0.25, 0.3) is 0 Å². The quantitative estimate of drug-likeness (QED) is 0.614. The lowest BCUT2D eigenvalue weighted by Crippen LogP contribution is -2.34. The smallest absolute Gasteiger partial charge is 0.423 e. The Balaban J connectivity index is 1.45. The van der Waals surface area contributed by atoms with E-state index >= 15 is 0 Å². The fraction of sp³-hybridized carbons (Fsp3) is 0.562. The van der Waals surface area contributed by atoms with Gasteiger partial charge in [0, 0.05) is 12.1 Å². The van der Waals surface area contributed by atoms with Crippen molar-refractivity contribution >= 4 is 18.5 Å². The minimum atomic E-state index is -0.901. The molecule has 6 heteroatoms. The van der Waals surface area contributed by atoms with Gasteiger partial charge < -0.3 is 19.9 Å². The summed E-state index contributed by atoms with van der Waals surface area (Å²) >= 11 is 0. The zero-order valence-corrected chi connectivity index (χ0v) is 12.9. The Bertz CT molecular complexity index is 532. The van der Waals surface area contributed by atoms with Gasteiger partial charge >= 0.3 is 7.12 Å². The molecule has 0 unspecified atom stereocenters. The number of piperidine rings is 1. The highest BCUT2D eigenvalue weighted by atomic mass is 16.5. The van der Waals surface area contributed by atoms with Crippen LogP contribution < -0.4 is 10.8 Å². The molecule has 5 nitrogen and oxygen atoms in total. The molecular weight excluding hydrogens is 279 g/mol. The molecule has 3 rings (SSSR count). The third kappa shape index (κ3) is 3.69. The standard InChI is InChI=1S/C16H23BN2O3/c20-16(18-7-4-10-19-8-2-1-3-9-19)13-5-6-14-12-22-17(21)15(14)11-13/h5-6,11,21H,1-4,7-10,12H2,(H,18,20). The summed E-state index contributed by atoms with van der Waals surface area (Å²) in [6.45, 7) is 4.53. The number of carbonyl (C=O) groups is 1. The average Bonchev–Trinajstić information content (AvgIpc) is 2.93. The number of amides is 1. The van der Waals surface area contributed by atoms with Crippen LogP contribution in [0.2, 0.25) is 0 Å². The van der Waals surface area contributed by atoms with Crippen LogP contribution in [-0.2, 0) is 11.3 Å². The van der Waals surface area contributed by atoms with Crippen molar-refractivity contribution in [3.63, 3.8) is 0 Å². The number of hydrogen-bond donors (Lipinski definition) is 2. The molecule has 22 heavy (non-hydrogen) atoms. The number of benzene rings is 1. The molecule has 1 fully saturated rings. The Labute approximate surface area is 131 Å². The predicted octanol–water partition coefficient (Wildman–Crippen LogP) is 0.510. The maximum atomic E-state index is 12.2.